The normalized spacial score (nSPS) is 11.3. The van der Waals surface area contributed by atoms with Crippen molar-refractivity contribution in [2.45, 2.75) is 20.3 Å². The van der Waals surface area contributed by atoms with Gasteiger partial charge in [0.25, 0.3) is 5.89 Å². The quantitative estimate of drug-likeness (QED) is 0.516. The first-order chi connectivity index (χ1) is 12.2. The molecule has 0 bridgehead atoms. The number of para-hydroxylation sites is 1. The Kier molecular flexibility index (Phi) is 4.19. The summed E-state index contributed by atoms with van der Waals surface area (Å²) in [4.78, 5) is 1.08. The van der Waals surface area contributed by atoms with Gasteiger partial charge in [-0.2, -0.15) is 5.10 Å². The van der Waals surface area contributed by atoms with Crippen LogP contribution in [-0.4, -0.2) is 20.0 Å². The van der Waals surface area contributed by atoms with E-state index in [1.165, 1.54) is 0 Å². The van der Waals surface area contributed by atoms with Gasteiger partial charge in [0.05, 0.1) is 16.1 Å². The number of rotatable bonds is 5. The average molecular weight is 350 g/mol. The van der Waals surface area contributed by atoms with Crippen LogP contribution in [0.15, 0.2) is 58.5 Å². The standard InChI is InChI=1S/C19H18N4OS/c1-13(2)11-17-20-21-19(24-17)15-12-23(14-7-4-3-5-8-14)22-18(15)16-9-6-10-25-16/h3-10,12-13H,11H2,1-2H3. The van der Waals surface area contributed by atoms with E-state index in [0.717, 1.165) is 28.2 Å². The lowest BCUT2D eigenvalue weighted by Crippen LogP contribution is -1.93. The van der Waals surface area contributed by atoms with Crippen molar-refractivity contribution in [2.75, 3.05) is 0 Å². The molecule has 0 aliphatic carbocycles. The van der Waals surface area contributed by atoms with Gasteiger partial charge in [-0.3, -0.25) is 0 Å². The SMILES string of the molecule is CC(C)Cc1nnc(-c2cn(-c3ccccc3)nc2-c2cccs2)o1. The zero-order chi connectivity index (χ0) is 17.2. The van der Waals surface area contributed by atoms with Gasteiger partial charge >= 0.3 is 0 Å². The monoisotopic (exact) mass is 350 g/mol. The van der Waals surface area contributed by atoms with Gasteiger partial charge in [-0.05, 0) is 29.5 Å². The molecular weight excluding hydrogens is 332 g/mol. The van der Waals surface area contributed by atoms with Crippen LogP contribution in [0.2, 0.25) is 0 Å². The molecule has 0 radical (unpaired) electrons. The number of hydrogen-bond acceptors (Lipinski definition) is 5. The maximum absolute atomic E-state index is 5.90. The van der Waals surface area contributed by atoms with E-state index in [-0.39, 0.29) is 0 Å². The minimum Gasteiger partial charge on any atom is -0.421 e. The maximum Gasteiger partial charge on any atom is 0.251 e. The van der Waals surface area contributed by atoms with Gasteiger partial charge in [0.15, 0.2) is 0 Å². The molecule has 1 aromatic carbocycles. The van der Waals surface area contributed by atoms with Gasteiger partial charge in [0.2, 0.25) is 5.89 Å². The summed E-state index contributed by atoms with van der Waals surface area (Å²) in [6, 6.07) is 14.1. The van der Waals surface area contributed by atoms with Gasteiger partial charge in [-0.15, -0.1) is 21.5 Å². The molecule has 25 heavy (non-hydrogen) atoms. The van der Waals surface area contributed by atoms with Crippen LogP contribution in [0.4, 0.5) is 0 Å². The Morgan fingerprint density at radius 3 is 2.64 bits per heavy atom. The van der Waals surface area contributed by atoms with Crippen molar-refractivity contribution in [2.24, 2.45) is 5.92 Å². The zero-order valence-corrected chi connectivity index (χ0v) is 14.9. The topological polar surface area (TPSA) is 56.7 Å². The van der Waals surface area contributed by atoms with Crippen LogP contribution in [0.5, 0.6) is 0 Å². The summed E-state index contributed by atoms with van der Waals surface area (Å²) < 4.78 is 7.76. The third-order valence-corrected chi connectivity index (χ3v) is 4.65. The minimum absolute atomic E-state index is 0.470. The third-order valence-electron chi connectivity index (χ3n) is 3.77. The van der Waals surface area contributed by atoms with E-state index in [0.29, 0.717) is 17.7 Å². The van der Waals surface area contributed by atoms with Gasteiger partial charge in [-0.25, -0.2) is 4.68 Å². The molecule has 6 heteroatoms. The van der Waals surface area contributed by atoms with Crippen molar-refractivity contribution in [1.82, 2.24) is 20.0 Å². The highest BCUT2D eigenvalue weighted by atomic mass is 32.1. The van der Waals surface area contributed by atoms with Crippen molar-refractivity contribution < 1.29 is 4.42 Å². The molecule has 0 N–H and O–H groups in total. The van der Waals surface area contributed by atoms with E-state index < -0.39 is 0 Å². The van der Waals surface area contributed by atoms with E-state index in [9.17, 15) is 0 Å². The van der Waals surface area contributed by atoms with Crippen LogP contribution in [0.25, 0.3) is 27.7 Å². The van der Waals surface area contributed by atoms with Crippen LogP contribution < -0.4 is 0 Å². The van der Waals surface area contributed by atoms with Crippen molar-refractivity contribution in [1.29, 1.82) is 0 Å². The molecule has 0 spiro atoms. The van der Waals surface area contributed by atoms with Crippen LogP contribution in [0.3, 0.4) is 0 Å². The van der Waals surface area contributed by atoms with Gasteiger partial charge in [0.1, 0.15) is 5.69 Å². The molecule has 3 heterocycles. The number of benzene rings is 1. The molecule has 126 valence electrons. The Labute approximate surface area is 150 Å². The molecule has 4 rings (SSSR count). The molecule has 0 saturated carbocycles. The largest absolute Gasteiger partial charge is 0.421 e. The highest BCUT2D eigenvalue weighted by Crippen LogP contribution is 2.34. The lowest BCUT2D eigenvalue weighted by atomic mass is 10.1. The lowest BCUT2D eigenvalue weighted by molar-refractivity contribution is 0.466. The molecule has 0 aliphatic heterocycles. The molecule has 4 aromatic rings. The van der Waals surface area contributed by atoms with Crippen LogP contribution in [0.1, 0.15) is 19.7 Å². The first-order valence-corrected chi connectivity index (χ1v) is 9.10. The molecule has 0 unspecified atom stereocenters. The van der Waals surface area contributed by atoms with Crippen LogP contribution in [0, 0.1) is 5.92 Å². The van der Waals surface area contributed by atoms with Gasteiger partial charge in [0, 0.05) is 12.6 Å². The molecule has 0 fully saturated rings. The van der Waals surface area contributed by atoms with Gasteiger partial charge < -0.3 is 4.42 Å². The highest BCUT2D eigenvalue weighted by Gasteiger charge is 2.20. The van der Waals surface area contributed by atoms with Crippen LogP contribution in [-0.2, 0) is 6.42 Å². The summed E-state index contributed by atoms with van der Waals surface area (Å²) in [5.74, 6) is 1.65. The zero-order valence-electron chi connectivity index (χ0n) is 14.1. The van der Waals surface area contributed by atoms with E-state index in [1.807, 2.05) is 52.7 Å². The number of nitrogens with zero attached hydrogens (tertiary/aromatic N) is 4. The molecule has 0 atom stereocenters. The average Bonchev–Trinajstić information content (AvgIpc) is 3.35. The van der Waals surface area contributed by atoms with E-state index in [1.54, 1.807) is 11.3 Å². The Morgan fingerprint density at radius 2 is 1.92 bits per heavy atom. The second-order valence-corrected chi connectivity index (χ2v) is 7.20. The van der Waals surface area contributed by atoms with Crippen molar-refractivity contribution in [3.8, 4) is 27.7 Å². The second kappa shape index (κ2) is 6.64. The number of aromatic nitrogens is 4. The van der Waals surface area contributed by atoms with E-state index in [4.69, 9.17) is 9.52 Å². The Balaban J connectivity index is 1.80. The first kappa shape index (κ1) is 15.8. The van der Waals surface area contributed by atoms with Crippen LogP contribution >= 0.6 is 11.3 Å². The van der Waals surface area contributed by atoms with E-state index >= 15 is 0 Å². The molecular formula is C19H18N4OS. The van der Waals surface area contributed by atoms with Gasteiger partial charge in [-0.1, -0.05) is 38.1 Å². The lowest BCUT2D eigenvalue weighted by Gasteiger charge is -1.98. The van der Waals surface area contributed by atoms with Crippen molar-refractivity contribution in [3.63, 3.8) is 0 Å². The summed E-state index contributed by atoms with van der Waals surface area (Å²) in [5, 5.41) is 15.2. The third kappa shape index (κ3) is 3.25. The molecule has 3 aromatic heterocycles. The molecule has 5 nitrogen and oxygen atoms in total. The molecule has 0 amide bonds. The summed E-state index contributed by atoms with van der Waals surface area (Å²) in [6.45, 7) is 4.27. The summed E-state index contributed by atoms with van der Waals surface area (Å²) in [7, 11) is 0. The van der Waals surface area contributed by atoms with E-state index in [2.05, 4.69) is 30.1 Å². The summed E-state index contributed by atoms with van der Waals surface area (Å²) in [5.41, 5.74) is 2.71. The second-order valence-electron chi connectivity index (χ2n) is 6.25. The molecule has 0 aliphatic rings. The summed E-state index contributed by atoms with van der Waals surface area (Å²) >= 11 is 1.65. The fraction of sp³-hybridized carbons (Fsp3) is 0.211. The minimum atomic E-state index is 0.470. The predicted molar refractivity (Wildman–Crippen MR) is 98.7 cm³/mol. The van der Waals surface area contributed by atoms with Crippen molar-refractivity contribution >= 4 is 11.3 Å². The Morgan fingerprint density at radius 1 is 1.08 bits per heavy atom. The number of hydrogen-bond donors (Lipinski definition) is 0. The fourth-order valence-electron chi connectivity index (χ4n) is 2.63. The first-order valence-electron chi connectivity index (χ1n) is 8.22. The maximum atomic E-state index is 5.90. The fourth-order valence-corrected chi connectivity index (χ4v) is 3.36. The number of thiophene rings is 1. The Hall–Kier alpha value is -2.73. The summed E-state index contributed by atoms with van der Waals surface area (Å²) in [6.07, 6.45) is 2.73. The Bertz CT molecular complexity index is 955. The predicted octanol–water partition coefficient (Wildman–Crippen LogP) is 4.85. The highest BCUT2D eigenvalue weighted by molar-refractivity contribution is 7.13. The smallest absolute Gasteiger partial charge is 0.251 e. The van der Waals surface area contributed by atoms with Crippen molar-refractivity contribution in [3.05, 3.63) is 59.9 Å². The molecule has 0 saturated heterocycles.